The summed E-state index contributed by atoms with van der Waals surface area (Å²) in [6, 6.07) is 16.4. The molecule has 6 heteroatoms. The van der Waals surface area contributed by atoms with Crippen LogP contribution in [0.4, 0.5) is 0 Å². The van der Waals surface area contributed by atoms with Gasteiger partial charge in [0.15, 0.2) is 9.84 Å². The van der Waals surface area contributed by atoms with Crippen LogP contribution in [0.15, 0.2) is 53.4 Å². The summed E-state index contributed by atoms with van der Waals surface area (Å²) in [7, 11) is -1.65. The summed E-state index contributed by atoms with van der Waals surface area (Å²) in [5.74, 6) is 1.42. The molecule has 0 radical (unpaired) electrons. The van der Waals surface area contributed by atoms with Crippen LogP contribution < -0.4 is 10.1 Å². The molecule has 1 fully saturated rings. The zero-order valence-corrected chi connectivity index (χ0v) is 15.5. The van der Waals surface area contributed by atoms with Crippen molar-refractivity contribution in [3.05, 3.63) is 59.7 Å². The first kappa shape index (κ1) is 18.4. The number of hydrogen-bond acceptors (Lipinski definition) is 5. The molecule has 0 bridgehead atoms. The minimum atomic E-state index is -3.33. The van der Waals surface area contributed by atoms with Crippen molar-refractivity contribution < 1.29 is 13.2 Å². The molecule has 0 unspecified atom stereocenters. The van der Waals surface area contributed by atoms with Crippen LogP contribution in [-0.4, -0.2) is 33.9 Å². The molecule has 1 aliphatic rings. The van der Waals surface area contributed by atoms with Gasteiger partial charge in [0.2, 0.25) is 0 Å². The van der Waals surface area contributed by atoms with Crippen molar-refractivity contribution in [2.24, 2.45) is 0 Å². The first-order chi connectivity index (χ1) is 12.5. The molecule has 5 nitrogen and oxygen atoms in total. The molecule has 0 aliphatic heterocycles. The van der Waals surface area contributed by atoms with E-state index in [0.717, 1.165) is 18.6 Å². The molecule has 0 aromatic heterocycles. The molecule has 1 aliphatic carbocycles. The molecule has 0 heterocycles. The van der Waals surface area contributed by atoms with Gasteiger partial charge in [-0.2, -0.15) is 5.26 Å². The van der Waals surface area contributed by atoms with Crippen LogP contribution in [-0.2, 0) is 9.84 Å². The van der Waals surface area contributed by atoms with E-state index in [1.165, 1.54) is 29.8 Å². The van der Waals surface area contributed by atoms with Crippen molar-refractivity contribution in [1.82, 2.24) is 5.32 Å². The zero-order chi connectivity index (χ0) is 18.6. The van der Waals surface area contributed by atoms with E-state index in [4.69, 9.17) is 10.00 Å². The first-order valence-corrected chi connectivity index (χ1v) is 10.3. The maximum Gasteiger partial charge on any atom is 0.179 e. The quantitative estimate of drug-likeness (QED) is 0.811. The molecule has 136 valence electrons. The summed E-state index contributed by atoms with van der Waals surface area (Å²) >= 11 is 0. The van der Waals surface area contributed by atoms with E-state index >= 15 is 0 Å². The van der Waals surface area contributed by atoms with Crippen molar-refractivity contribution in [2.45, 2.75) is 29.7 Å². The molecular weight excluding hydrogens is 348 g/mol. The third-order valence-corrected chi connectivity index (χ3v) is 6.60. The SMILES string of the molecule is COc1ccccc1C1CC(NCCS(=O)(=O)c2ccc(C#N)cc2)C1. The molecule has 0 atom stereocenters. The number of rotatable bonds is 7. The standard InChI is InChI=1S/C20H22N2O3S/c1-25-20-5-3-2-4-19(20)16-12-17(13-16)22-10-11-26(23,24)18-8-6-15(14-21)7-9-18/h2-9,16-17,22H,10-13H2,1H3. The Morgan fingerprint density at radius 1 is 1.15 bits per heavy atom. The van der Waals surface area contributed by atoms with E-state index in [1.54, 1.807) is 7.11 Å². The van der Waals surface area contributed by atoms with Gasteiger partial charge in [0, 0.05) is 12.6 Å². The highest BCUT2D eigenvalue weighted by Gasteiger charge is 2.31. The van der Waals surface area contributed by atoms with Crippen molar-refractivity contribution in [3.63, 3.8) is 0 Å². The van der Waals surface area contributed by atoms with Crippen LogP contribution in [0.25, 0.3) is 0 Å². The number of sulfone groups is 1. The maximum atomic E-state index is 12.3. The molecule has 0 saturated heterocycles. The number of benzene rings is 2. The predicted molar refractivity (Wildman–Crippen MR) is 100.0 cm³/mol. The second-order valence-corrected chi connectivity index (χ2v) is 8.63. The third kappa shape index (κ3) is 4.06. The Morgan fingerprint density at radius 2 is 1.85 bits per heavy atom. The minimum absolute atomic E-state index is 0.0503. The molecule has 2 aromatic rings. The van der Waals surface area contributed by atoms with Gasteiger partial charge in [-0.1, -0.05) is 18.2 Å². The normalized spacial score (nSPS) is 19.4. The van der Waals surface area contributed by atoms with E-state index in [9.17, 15) is 8.42 Å². The largest absolute Gasteiger partial charge is 0.496 e. The second kappa shape index (κ2) is 7.90. The van der Waals surface area contributed by atoms with Crippen molar-refractivity contribution in [2.75, 3.05) is 19.4 Å². The van der Waals surface area contributed by atoms with Crippen LogP contribution in [0.1, 0.15) is 29.9 Å². The molecule has 26 heavy (non-hydrogen) atoms. The predicted octanol–water partition coefficient (Wildman–Crippen LogP) is 2.88. The van der Waals surface area contributed by atoms with E-state index < -0.39 is 9.84 Å². The summed E-state index contributed by atoms with van der Waals surface area (Å²) < 4.78 is 30.1. The maximum absolute atomic E-state index is 12.3. The Morgan fingerprint density at radius 3 is 2.50 bits per heavy atom. The van der Waals surface area contributed by atoms with Crippen molar-refractivity contribution in [3.8, 4) is 11.8 Å². The van der Waals surface area contributed by atoms with E-state index in [0.29, 0.717) is 24.1 Å². The van der Waals surface area contributed by atoms with Gasteiger partial charge in [-0.05, 0) is 54.7 Å². The fraction of sp³-hybridized carbons (Fsp3) is 0.350. The monoisotopic (exact) mass is 370 g/mol. The lowest BCUT2D eigenvalue weighted by Gasteiger charge is -2.37. The Labute approximate surface area is 154 Å². The Balaban J connectivity index is 1.48. The lowest BCUT2D eigenvalue weighted by molar-refractivity contribution is 0.288. The average molecular weight is 370 g/mol. The van der Waals surface area contributed by atoms with Crippen LogP contribution >= 0.6 is 0 Å². The Kier molecular flexibility index (Phi) is 5.60. The molecule has 1 N–H and O–H groups in total. The summed E-state index contributed by atoms with van der Waals surface area (Å²) in [6.45, 7) is 0.422. The van der Waals surface area contributed by atoms with Gasteiger partial charge in [0.25, 0.3) is 0 Å². The molecule has 2 aromatic carbocycles. The van der Waals surface area contributed by atoms with Gasteiger partial charge in [-0.3, -0.25) is 0 Å². The van der Waals surface area contributed by atoms with Crippen LogP contribution in [0.3, 0.4) is 0 Å². The molecule has 0 amide bonds. The zero-order valence-electron chi connectivity index (χ0n) is 14.7. The number of hydrogen-bond donors (Lipinski definition) is 1. The van der Waals surface area contributed by atoms with Gasteiger partial charge in [0.05, 0.1) is 29.4 Å². The van der Waals surface area contributed by atoms with Gasteiger partial charge >= 0.3 is 0 Å². The summed E-state index contributed by atoms with van der Waals surface area (Å²) in [5, 5.41) is 12.1. The van der Waals surface area contributed by atoms with E-state index in [-0.39, 0.29) is 10.6 Å². The van der Waals surface area contributed by atoms with Gasteiger partial charge in [0.1, 0.15) is 5.75 Å². The molecule has 0 spiro atoms. The lowest BCUT2D eigenvalue weighted by atomic mass is 9.75. The number of nitrogens with one attached hydrogen (secondary N) is 1. The highest BCUT2D eigenvalue weighted by Crippen LogP contribution is 2.40. The lowest BCUT2D eigenvalue weighted by Crippen LogP contribution is -2.42. The number of methoxy groups -OCH3 is 1. The topological polar surface area (TPSA) is 79.2 Å². The second-order valence-electron chi connectivity index (χ2n) is 6.52. The van der Waals surface area contributed by atoms with Gasteiger partial charge < -0.3 is 10.1 Å². The molecule has 3 rings (SSSR count). The van der Waals surface area contributed by atoms with Crippen LogP contribution in [0, 0.1) is 11.3 Å². The summed E-state index contributed by atoms with van der Waals surface area (Å²) in [6.07, 6.45) is 1.97. The number of para-hydroxylation sites is 1. The fourth-order valence-corrected chi connectivity index (χ4v) is 4.47. The minimum Gasteiger partial charge on any atom is -0.496 e. The van der Waals surface area contributed by atoms with Gasteiger partial charge in [-0.25, -0.2) is 8.42 Å². The fourth-order valence-electron chi connectivity index (χ4n) is 3.29. The Bertz CT molecular complexity index is 895. The summed E-state index contributed by atoms with van der Waals surface area (Å²) in [5.41, 5.74) is 1.68. The highest BCUT2D eigenvalue weighted by molar-refractivity contribution is 7.91. The molecule has 1 saturated carbocycles. The first-order valence-electron chi connectivity index (χ1n) is 8.62. The summed E-state index contributed by atoms with van der Waals surface area (Å²) in [4.78, 5) is 0.263. The average Bonchev–Trinajstić information content (AvgIpc) is 2.63. The Hall–Kier alpha value is -2.36. The third-order valence-electron chi connectivity index (χ3n) is 4.86. The van der Waals surface area contributed by atoms with E-state index in [1.807, 2.05) is 24.3 Å². The molecular formula is C20H22N2O3S. The van der Waals surface area contributed by atoms with Gasteiger partial charge in [-0.15, -0.1) is 0 Å². The van der Waals surface area contributed by atoms with Crippen molar-refractivity contribution in [1.29, 1.82) is 5.26 Å². The number of nitriles is 1. The van der Waals surface area contributed by atoms with Crippen LogP contribution in [0.2, 0.25) is 0 Å². The number of nitrogens with zero attached hydrogens (tertiary/aromatic N) is 1. The van der Waals surface area contributed by atoms with Crippen LogP contribution in [0.5, 0.6) is 5.75 Å². The van der Waals surface area contributed by atoms with Crippen molar-refractivity contribution >= 4 is 9.84 Å². The highest BCUT2D eigenvalue weighted by atomic mass is 32.2. The smallest absolute Gasteiger partial charge is 0.179 e. The van der Waals surface area contributed by atoms with E-state index in [2.05, 4.69) is 11.4 Å². The number of ether oxygens (including phenoxy) is 1.